The van der Waals surface area contributed by atoms with Gasteiger partial charge in [-0.3, -0.25) is 0 Å². The molecule has 0 spiro atoms. The average molecular weight is 447 g/mol. The summed E-state index contributed by atoms with van der Waals surface area (Å²) in [7, 11) is 3.51. The molecule has 0 aliphatic carbocycles. The number of rotatable bonds is 5. The van der Waals surface area contributed by atoms with Gasteiger partial charge in [0.05, 0.1) is 13.2 Å². The molecule has 0 amide bonds. The van der Waals surface area contributed by atoms with Crippen LogP contribution in [0.5, 0.6) is 5.75 Å². The van der Waals surface area contributed by atoms with Crippen molar-refractivity contribution in [3.8, 4) is 5.75 Å². The number of nitrogens with zero attached hydrogens (tertiary/aromatic N) is 3. The molecule has 1 aliphatic rings. The van der Waals surface area contributed by atoms with Crippen LogP contribution in [-0.4, -0.2) is 60.9 Å². The van der Waals surface area contributed by atoms with Crippen molar-refractivity contribution >= 4 is 22.4 Å². The molecule has 1 aliphatic heterocycles. The summed E-state index contributed by atoms with van der Waals surface area (Å²) in [6.07, 6.45) is -2.77. The van der Waals surface area contributed by atoms with Gasteiger partial charge in [0, 0.05) is 26.1 Å². The van der Waals surface area contributed by atoms with E-state index in [1.807, 2.05) is 26.2 Å². The number of halogens is 3. The number of carbonyl (C=O) groups is 1. The summed E-state index contributed by atoms with van der Waals surface area (Å²) in [5.41, 5.74) is 1.31. The normalized spacial score (nSPS) is 19.1. The molecule has 1 N–H and O–H groups in total. The lowest BCUT2D eigenvalue weighted by Crippen LogP contribution is -2.45. The van der Waals surface area contributed by atoms with Gasteiger partial charge >= 0.3 is 12.1 Å². The molecule has 1 saturated heterocycles. The Morgan fingerprint density at radius 2 is 1.90 bits per heavy atom. The van der Waals surface area contributed by atoms with Gasteiger partial charge in [-0.25, -0.2) is 4.79 Å². The van der Waals surface area contributed by atoms with E-state index in [4.69, 9.17) is 19.4 Å². The van der Waals surface area contributed by atoms with E-state index in [1.165, 1.54) is 5.56 Å². The molecular weight excluding hydrogens is 423 g/mol. The molecule has 0 radical (unpaired) electrons. The van der Waals surface area contributed by atoms with Crippen LogP contribution >= 0.6 is 11.3 Å². The van der Waals surface area contributed by atoms with Crippen molar-refractivity contribution in [1.82, 2.24) is 10.2 Å². The number of alkyl halides is 3. The molecule has 7 nitrogen and oxygen atoms in total. The molecule has 30 heavy (non-hydrogen) atoms. The Balaban J connectivity index is 0.000000396. The number of hydrogen-bond donors (Lipinski definition) is 1. The molecule has 2 atom stereocenters. The minimum Gasteiger partial charge on any atom is -0.497 e. The van der Waals surface area contributed by atoms with Gasteiger partial charge in [0.25, 0.3) is 0 Å². The highest BCUT2D eigenvalue weighted by atomic mass is 32.1. The fraction of sp³-hybridized carbons (Fsp3) is 0.526. The second kappa shape index (κ2) is 10.6. The number of carboxylic acid groups (broad SMARTS) is 1. The highest BCUT2D eigenvalue weighted by Gasteiger charge is 2.38. The van der Waals surface area contributed by atoms with E-state index in [2.05, 4.69) is 27.2 Å². The summed E-state index contributed by atoms with van der Waals surface area (Å²) < 4.78 is 42.7. The third-order valence-corrected chi connectivity index (χ3v) is 5.55. The van der Waals surface area contributed by atoms with Crippen LogP contribution in [0.4, 0.5) is 18.3 Å². The molecule has 1 aromatic carbocycles. The van der Waals surface area contributed by atoms with E-state index in [0.717, 1.165) is 41.8 Å². The maximum Gasteiger partial charge on any atom is 0.490 e. The molecule has 1 aromatic heterocycles. The second-order valence-electron chi connectivity index (χ2n) is 6.73. The van der Waals surface area contributed by atoms with Gasteiger partial charge in [-0.05, 0) is 37.5 Å². The van der Waals surface area contributed by atoms with Gasteiger partial charge in [-0.15, -0.1) is 10.2 Å². The van der Waals surface area contributed by atoms with E-state index in [0.29, 0.717) is 12.0 Å². The Kier molecular flexibility index (Phi) is 8.42. The first kappa shape index (κ1) is 23.9. The van der Waals surface area contributed by atoms with Crippen molar-refractivity contribution in [2.75, 3.05) is 32.2 Å². The maximum absolute atomic E-state index is 10.6. The lowest BCUT2D eigenvalue weighted by Gasteiger charge is -2.37. The number of anilines is 1. The Hall–Kier alpha value is -2.40. The molecule has 2 aromatic rings. The number of benzene rings is 1. The van der Waals surface area contributed by atoms with Gasteiger partial charge in [0.2, 0.25) is 5.13 Å². The summed E-state index contributed by atoms with van der Waals surface area (Å²) in [4.78, 5) is 11.2. The zero-order chi connectivity index (χ0) is 22.3. The van der Waals surface area contributed by atoms with E-state index >= 15 is 0 Å². The fourth-order valence-electron chi connectivity index (χ4n) is 3.17. The van der Waals surface area contributed by atoms with Crippen LogP contribution in [0.25, 0.3) is 0 Å². The first-order valence-electron chi connectivity index (χ1n) is 9.15. The van der Waals surface area contributed by atoms with Crippen molar-refractivity contribution in [2.45, 2.75) is 32.0 Å². The molecule has 2 heterocycles. The summed E-state index contributed by atoms with van der Waals surface area (Å²) in [6, 6.07) is 8.32. The smallest absolute Gasteiger partial charge is 0.490 e. The third kappa shape index (κ3) is 6.84. The predicted molar refractivity (Wildman–Crippen MR) is 106 cm³/mol. The number of methoxy groups -OCH3 is 2. The summed E-state index contributed by atoms with van der Waals surface area (Å²) in [5.74, 6) is -1.41. The molecule has 3 rings (SSSR count). The molecular formula is C19H24F3N3O4S. The van der Waals surface area contributed by atoms with Crippen LogP contribution in [0.15, 0.2) is 24.3 Å². The Morgan fingerprint density at radius 3 is 2.37 bits per heavy atom. The summed E-state index contributed by atoms with van der Waals surface area (Å²) in [5, 5.41) is 17.6. The number of hydrogen-bond acceptors (Lipinski definition) is 7. The fourth-order valence-corrected chi connectivity index (χ4v) is 3.89. The SMILES string of the molecule is COc1ccc(C[C@H]2CN(c3nnc(C)s3)CC[C@H]2OC)cc1.O=C(O)C(F)(F)F. The topological polar surface area (TPSA) is 84.8 Å². The first-order chi connectivity index (χ1) is 14.1. The zero-order valence-electron chi connectivity index (χ0n) is 16.8. The number of aromatic nitrogens is 2. The molecule has 0 saturated carbocycles. The Morgan fingerprint density at radius 1 is 1.27 bits per heavy atom. The van der Waals surface area contributed by atoms with Crippen LogP contribution in [0.3, 0.4) is 0 Å². The second-order valence-corrected chi connectivity index (χ2v) is 7.89. The van der Waals surface area contributed by atoms with Crippen LogP contribution in [0, 0.1) is 12.8 Å². The summed E-state index contributed by atoms with van der Waals surface area (Å²) >= 11 is 1.66. The van der Waals surface area contributed by atoms with E-state index in [9.17, 15) is 13.2 Å². The van der Waals surface area contributed by atoms with Gasteiger partial charge in [-0.1, -0.05) is 23.5 Å². The van der Waals surface area contributed by atoms with Crippen LogP contribution in [-0.2, 0) is 16.0 Å². The van der Waals surface area contributed by atoms with E-state index in [1.54, 1.807) is 18.4 Å². The average Bonchev–Trinajstić information content (AvgIpc) is 3.14. The predicted octanol–water partition coefficient (Wildman–Crippen LogP) is 3.57. The van der Waals surface area contributed by atoms with E-state index in [-0.39, 0.29) is 0 Å². The van der Waals surface area contributed by atoms with Crippen molar-refractivity contribution < 1.29 is 32.5 Å². The molecule has 0 unspecified atom stereocenters. The number of aliphatic carboxylic acids is 1. The third-order valence-electron chi connectivity index (χ3n) is 4.65. The number of ether oxygens (including phenoxy) is 2. The maximum atomic E-state index is 10.6. The van der Waals surface area contributed by atoms with Gasteiger partial charge < -0.3 is 19.5 Å². The lowest BCUT2D eigenvalue weighted by molar-refractivity contribution is -0.192. The van der Waals surface area contributed by atoms with E-state index < -0.39 is 12.1 Å². The standard InChI is InChI=1S/C17H23N3O2S.C2HF3O2/c1-12-18-19-17(23-12)20-9-8-16(22-3)14(11-20)10-13-4-6-15(21-2)7-5-13;3-2(4,5)1(6)7/h4-7,14,16H,8-11H2,1-3H3;(H,6,7)/t14-,16+;/m0./s1. The van der Waals surface area contributed by atoms with Crippen LogP contribution < -0.4 is 9.64 Å². The molecule has 166 valence electrons. The molecule has 0 bridgehead atoms. The highest BCUT2D eigenvalue weighted by molar-refractivity contribution is 7.15. The first-order valence-corrected chi connectivity index (χ1v) is 9.96. The van der Waals surface area contributed by atoms with Crippen molar-refractivity contribution in [3.63, 3.8) is 0 Å². The molecule has 1 fully saturated rings. The summed E-state index contributed by atoms with van der Waals surface area (Å²) in [6.45, 7) is 3.93. The van der Waals surface area contributed by atoms with Crippen LogP contribution in [0.1, 0.15) is 17.0 Å². The Bertz CT molecular complexity index is 814. The highest BCUT2D eigenvalue weighted by Crippen LogP contribution is 2.29. The van der Waals surface area contributed by atoms with Crippen molar-refractivity contribution in [1.29, 1.82) is 0 Å². The number of aryl methyl sites for hydroxylation is 1. The quantitative estimate of drug-likeness (QED) is 0.750. The minimum atomic E-state index is -5.08. The van der Waals surface area contributed by atoms with Crippen molar-refractivity contribution in [3.05, 3.63) is 34.8 Å². The van der Waals surface area contributed by atoms with Crippen LogP contribution in [0.2, 0.25) is 0 Å². The Labute approximate surface area is 176 Å². The zero-order valence-corrected chi connectivity index (χ0v) is 17.7. The minimum absolute atomic E-state index is 0.294. The van der Waals surface area contributed by atoms with Gasteiger partial charge in [0.15, 0.2) is 0 Å². The monoisotopic (exact) mass is 447 g/mol. The largest absolute Gasteiger partial charge is 0.497 e. The lowest BCUT2D eigenvalue weighted by atomic mass is 9.88. The van der Waals surface area contributed by atoms with Gasteiger partial charge in [-0.2, -0.15) is 13.2 Å². The van der Waals surface area contributed by atoms with Gasteiger partial charge in [0.1, 0.15) is 10.8 Å². The number of carboxylic acids is 1. The molecule has 11 heteroatoms. The van der Waals surface area contributed by atoms with Crippen molar-refractivity contribution in [2.24, 2.45) is 5.92 Å². The number of piperidine rings is 1.